The van der Waals surface area contributed by atoms with Crippen LogP contribution in [-0.2, 0) is 14.3 Å². The summed E-state index contributed by atoms with van der Waals surface area (Å²) in [6, 6.07) is 0. The molecule has 7 nitrogen and oxygen atoms in total. The van der Waals surface area contributed by atoms with Gasteiger partial charge in [0, 0.05) is 19.5 Å². The molecule has 0 unspecified atom stereocenters. The Morgan fingerprint density at radius 2 is 1.96 bits per heavy atom. The number of carbonyl (C=O) groups is 2. The second-order valence-electron chi connectivity index (χ2n) is 6.65. The number of anilines is 1. The van der Waals surface area contributed by atoms with Crippen molar-refractivity contribution in [3.63, 3.8) is 0 Å². The van der Waals surface area contributed by atoms with Crippen molar-refractivity contribution in [2.24, 2.45) is 5.92 Å². The highest BCUT2D eigenvalue weighted by Gasteiger charge is 2.29. The summed E-state index contributed by atoms with van der Waals surface area (Å²) in [6.07, 6.45) is 4.22. The molecule has 1 aromatic heterocycles. The Kier molecular flexibility index (Phi) is 5.18. The maximum absolute atomic E-state index is 11.7. The van der Waals surface area contributed by atoms with Gasteiger partial charge >= 0.3 is 11.9 Å². The average Bonchev–Trinajstić information content (AvgIpc) is 2.43. The minimum Gasteiger partial charge on any atom is -0.464 e. The van der Waals surface area contributed by atoms with Crippen molar-refractivity contribution < 1.29 is 19.1 Å². The molecule has 0 radical (unpaired) electrons. The van der Waals surface area contributed by atoms with Gasteiger partial charge in [-0.25, -0.2) is 14.8 Å². The number of carbonyl (C=O) groups excluding carboxylic acids is 2. The lowest BCUT2D eigenvalue weighted by atomic mass is 9.95. The van der Waals surface area contributed by atoms with Gasteiger partial charge in [0.25, 0.3) is 0 Å². The SMILES string of the molecule is COC(=O)c1cnc(N2CC(CCC(=O)OC(C)(C)C)C2)cn1. The summed E-state index contributed by atoms with van der Waals surface area (Å²) in [5, 5.41) is 0. The molecule has 1 aromatic rings. The van der Waals surface area contributed by atoms with E-state index in [-0.39, 0.29) is 11.7 Å². The van der Waals surface area contributed by atoms with E-state index in [1.165, 1.54) is 13.3 Å². The summed E-state index contributed by atoms with van der Waals surface area (Å²) >= 11 is 0. The third kappa shape index (κ3) is 4.91. The minimum atomic E-state index is -0.497. The van der Waals surface area contributed by atoms with Crippen LogP contribution in [0.5, 0.6) is 0 Å². The Morgan fingerprint density at radius 3 is 2.48 bits per heavy atom. The van der Waals surface area contributed by atoms with Gasteiger partial charge < -0.3 is 14.4 Å². The van der Waals surface area contributed by atoms with Gasteiger partial charge in [-0.05, 0) is 33.1 Å². The number of methoxy groups -OCH3 is 1. The van der Waals surface area contributed by atoms with Crippen molar-refractivity contribution in [1.82, 2.24) is 9.97 Å². The predicted molar refractivity (Wildman–Crippen MR) is 84.2 cm³/mol. The monoisotopic (exact) mass is 321 g/mol. The first-order chi connectivity index (χ1) is 10.8. The fourth-order valence-electron chi connectivity index (χ4n) is 2.35. The lowest BCUT2D eigenvalue weighted by Gasteiger charge is -2.40. The second kappa shape index (κ2) is 6.93. The van der Waals surface area contributed by atoms with E-state index in [1.807, 2.05) is 20.8 Å². The Balaban J connectivity index is 1.74. The first kappa shape index (κ1) is 17.2. The predicted octanol–water partition coefficient (Wildman–Crippen LogP) is 1.82. The fraction of sp³-hybridized carbons (Fsp3) is 0.625. The van der Waals surface area contributed by atoms with E-state index in [0.717, 1.165) is 25.3 Å². The van der Waals surface area contributed by atoms with Crippen LogP contribution in [0.25, 0.3) is 0 Å². The zero-order valence-corrected chi connectivity index (χ0v) is 14.0. The molecule has 0 spiro atoms. The first-order valence-electron chi connectivity index (χ1n) is 7.65. The number of hydrogen-bond donors (Lipinski definition) is 0. The zero-order valence-electron chi connectivity index (χ0n) is 14.0. The van der Waals surface area contributed by atoms with Crippen molar-refractivity contribution in [1.29, 1.82) is 0 Å². The van der Waals surface area contributed by atoms with Crippen LogP contribution in [0.4, 0.5) is 5.82 Å². The summed E-state index contributed by atoms with van der Waals surface area (Å²) in [5.74, 6) is 0.525. The molecule has 1 aliphatic rings. The summed E-state index contributed by atoms with van der Waals surface area (Å²) in [5.41, 5.74) is -0.238. The summed E-state index contributed by atoms with van der Waals surface area (Å²) in [7, 11) is 1.31. The summed E-state index contributed by atoms with van der Waals surface area (Å²) < 4.78 is 9.88. The quantitative estimate of drug-likeness (QED) is 0.765. The number of hydrogen-bond acceptors (Lipinski definition) is 7. The van der Waals surface area contributed by atoms with Crippen LogP contribution in [0.2, 0.25) is 0 Å². The van der Waals surface area contributed by atoms with Crippen LogP contribution in [-0.4, -0.2) is 47.7 Å². The molecule has 0 saturated carbocycles. The van der Waals surface area contributed by atoms with Crippen molar-refractivity contribution >= 4 is 17.8 Å². The molecule has 126 valence electrons. The molecule has 1 aliphatic heterocycles. The van der Waals surface area contributed by atoms with Crippen molar-refractivity contribution in [3.05, 3.63) is 18.1 Å². The molecule has 0 amide bonds. The van der Waals surface area contributed by atoms with Gasteiger partial charge in [0.15, 0.2) is 5.69 Å². The molecule has 1 fully saturated rings. The third-order valence-corrected chi connectivity index (χ3v) is 3.49. The first-order valence-corrected chi connectivity index (χ1v) is 7.65. The molecular formula is C16H23N3O4. The highest BCUT2D eigenvalue weighted by molar-refractivity contribution is 5.86. The molecule has 23 heavy (non-hydrogen) atoms. The highest BCUT2D eigenvalue weighted by Crippen LogP contribution is 2.25. The standard InChI is InChI=1S/C16H23N3O4/c1-16(2,3)23-14(20)6-5-11-9-19(10-11)13-8-17-12(7-18-13)15(21)22-4/h7-8,11H,5-6,9-10H2,1-4H3. The van der Waals surface area contributed by atoms with Crippen molar-refractivity contribution in [2.45, 2.75) is 39.2 Å². The van der Waals surface area contributed by atoms with Crippen LogP contribution in [0.1, 0.15) is 44.1 Å². The number of ether oxygens (including phenoxy) is 2. The highest BCUT2D eigenvalue weighted by atomic mass is 16.6. The lowest BCUT2D eigenvalue weighted by Crippen LogP contribution is -2.47. The van der Waals surface area contributed by atoms with Gasteiger partial charge in [-0.2, -0.15) is 0 Å². The number of rotatable bonds is 5. The lowest BCUT2D eigenvalue weighted by molar-refractivity contribution is -0.155. The maximum atomic E-state index is 11.7. The van der Waals surface area contributed by atoms with Crippen LogP contribution in [0.15, 0.2) is 12.4 Å². The minimum absolute atomic E-state index is 0.154. The smallest absolute Gasteiger partial charge is 0.358 e. The number of esters is 2. The molecule has 1 saturated heterocycles. The van der Waals surface area contributed by atoms with Gasteiger partial charge in [-0.3, -0.25) is 4.79 Å². The topological polar surface area (TPSA) is 81.6 Å². The van der Waals surface area contributed by atoms with Crippen LogP contribution < -0.4 is 4.90 Å². The van der Waals surface area contributed by atoms with E-state index in [9.17, 15) is 9.59 Å². The molecule has 2 heterocycles. The van der Waals surface area contributed by atoms with Gasteiger partial charge in [0.1, 0.15) is 11.4 Å². The average molecular weight is 321 g/mol. The normalized spacial score (nSPS) is 15.0. The Morgan fingerprint density at radius 1 is 1.26 bits per heavy atom. The van der Waals surface area contributed by atoms with Gasteiger partial charge in [0.2, 0.25) is 0 Å². The van der Waals surface area contributed by atoms with Gasteiger partial charge in [0.05, 0.1) is 19.5 Å². The summed E-state index contributed by atoms with van der Waals surface area (Å²) in [6.45, 7) is 7.26. The molecule has 0 bridgehead atoms. The number of aromatic nitrogens is 2. The summed E-state index contributed by atoms with van der Waals surface area (Å²) in [4.78, 5) is 33.3. The second-order valence-corrected chi connectivity index (χ2v) is 6.65. The molecule has 0 aromatic carbocycles. The van der Waals surface area contributed by atoms with Gasteiger partial charge in [-0.1, -0.05) is 0 Å². The fourth-order valence-corrected chi connectivity index (χ4v) is 2.35. The maximum Gasteiger partial charge on any atom is 0.358 e. The molecule has 7 heteroatoms. The van der Waals surface area contributed by atoms with E-state index in [0.29, 0.717) is 12.3 Å². The van der Waals surface area contributed by atoms with E-state index >= 15 is 0 Å². The van der Waals surface area contributed by atoms with E-state index < -0.39 is 11.6 Å². The van der Waals surface area contributed by atoms with Crippen LogP contribution >= 0.6 is 0 Å². The molecule has 2 rings (SSSR count). The van der Waals surface area contributed by atoms with E-state index in [4.69, 9.17) is 4.74 Å². The van der Waals surface area contributed by atoms with Crippen LogP contribution in [0, 0.1) is 5.92 Å². The Bertz CT molecular complexity index is 560. The molecule has 0 N–H and O–H groups in total. The molecular weight excluding hydrogens is 298 g/mol. The number of nitrogens with zero attached hydrogens (tertiary/aromatic N) is 3. The largest absolute Gasteiger partial charge is 0.464 e. The zero-order chi connectivity index (χ0) is 17.0. The Hall–Kier alpha value is -2.18. The van der Waals surface area contributed by atoms with Gasteiger partial charge in [-0.15, -0.1) is 0 Å². The van der Waals surface area contributed by atoms with E-state index in [2.05, 4.69) is 19.6 Å². The van der Waals surface area contributed by atoms with Crippen molar-refractivity contribution in [2.75, 3.05) is 25.1 Å². The Labute approximate surface area is 136 Å². The van der Waals surface area contributed by atoms with Crippen molar-refractivity contribution in [3.8, 4) is 0 Å². The third-order valence-electron chi connectivity index (χ3n) is 3.49. The van der Waals surface area contributed by atoms with E-state index in [1.54, 1.807) is 6.20 Å². The van der Waals surface area contributed by atoms with Crippen LogP contribution in [0.3, 0.4) is 0 Å². The molecule has 0 aliphatic carbocycles. The molecule has 0 atom stereocenters.